The Balaban J connectivity index is 1.67. The lowest BCUT2D eigenvalue weighted by Gasteiger charge is -2.39. The summed E-state index contributed by atoms with van der Waals surface area (Å²) in [7, 11) is 1.67. The minimum Gasteiger partial charge on any atom is -0.488 e. The molecule has 0 aliphatic carbocycles. The van der Waals surface area contributed by atoms with Gasteiger partial charge in [-0.3, -0.25) is 5.10 Å². The number of rotatable bonds is 6. The quantitative estimate of drug-likeness (QED) is 0.684. The van der Waals surface area contributed by atoms with Gasteiger partial charge in [-0.15, -0.1) is 0 Å². The molecule has 0 spiro atoms. The number of methoxy groups -OCH3 is 1. The van der Waals surface area contributed by atoms with Crippen LogP contribution in [-0.2, 0) is 9.47 Å². The summed E-state index contributed by atoms with van der Waals surface area (Å²) in [5.41, 5.74) is 2.48. The van der Waals surface area contributed by atoms with E-state index < -0.39 is 0 Å². The Labute approximate surface area is 170 Å². The molecule has 8 nitrogen and oxygen atoms in total. The summed E-state index contributed by atoms with van der Waals surface area (Å²) in [5, 5.41) is 8.55. The normalized spacial score (nSPS) is 20.8. The van der Waals surface area contributed by atoms with E-state index in [4.69, 9.17) is 14.2 Å². The van der Waals surface area contributed by atoms with Crippen LogP contribution in [0.25, 0.3) is 22.3 Å². The Hall–Kier alpha value is -2.71. The standard InChI is InChI=1S/C21H27N5O3/c1-13-9-28-10-14(2)26(13)20-8-19(22-12-23-20)21-17-7-16(29-15(3)11-27-4)5-6-18(17)24-25-21/h5-8,12-15H,9-11H2,1-4H3,(H,24,25)/t13-,14+,15-/m0/s1. The summed E-state index contributed by atoms with van der Waals surface area (Å²) in [6.45, 7) is 8.18. The summed E-state index contributed by atoms with van der Waals surface area (Å²) in [6.07, 6.45) is 1.56. The van der Waals surface area contributed by atoms with Crippen molar-refractivity contribution in [2.75, 3.05) is 31.8 Å². The number of aromatic nitrogens is 4. The maximum atomic E-state index is 5.95. The highest BCUT2D eigenvalue weighted by Crippen LogP contribution is 2.31. The number of ether oxygens (including phenoxy) is 3. The van der Waals surface area contributed by atoms with Gasteiger partial charge in [-0.25, -0.2) is 9.97 Å². The maximum absolute atomic E-state index is 5.95. The fourth-order valence-corrected chi connectivity index (χ4v) is 3.84. The number of anilines is 1. The van der Waals surface area contributed by atoms with Crippen molar-refractivity contribution in [2.45, 2.75) is 39.0 Å². The molecule has 8 heteroatoms. The first kappa shape index (κ1) is 19.6. The summed E-state index contributed by atoms with van der Waals surface area (Å²) in [5.74, 6) is 1.66. The second kappa shape index (κ2) is 8.34. The molecule has 0 radical (unpaired) electrons. The molecular formula is C21H27N5O3. The zero-order valence-electron chi connectivity index (χ0n) is 17.3. The van der Waals surface area contributed by atoms with E-state index in [1.807, 2.05) is 31.2 Å². The average Bonchev–Trinajstić information content (AvgIpc) is 3.11. The van der Waals surface area contributed by atoms with Crippen molar-refractivity contribution in [3.63, 3.8) is 0 Å². The molecule has 1 N–H and O–H groups in total. The molecule has 0 bridgehead atoms. The molecule has 154 valence electrons. The highest BCUT2D eigenvalue weighted by atomic mass is 16.5. The minimum absolute atomic E-state index is 0.0391. The highest BCUT2D eigenvalue weighted by Gasteiger charge is 2.27. The lowest BCUT2D eigenvalue weighted by Crippen LogP contribution is -2.50. The number of benzene rings is 1. The Morgan fingerprint density at radius 1 is 1.21 bits per heavy atom. The van der Waals surface area contributed by atoms with Crippen molar-refractivity contribution < 1.29 is 14.2 Å². The Morgan fingerprint density at radius 2 is 2.00 bits per heavy atom. The zero-order valence-corrected chi connectivity index (χ0v) is 17.3. The number of nitrogens with zero attached hydrogens (tertiary/aromatic N) is 4. The SMILES string of the molecule is COC[C@H](C)Oc1ccc2[nH]nc(-c3cc(N4[C@H](C)COC[C@@H]4C)ncn3)c2c1. The van der Waals surface area contributed by atoms with E-state index in [1.165, 1.54) is 0 Å². The summed E-state index contributed by atoms with van der Waals surface area (Å²) >= 11 is 0. The molecule has 0 saturated carbocycles. The first-order valence-electron chi connectivity index (χ1n) is 9.89. The van der Waals surface area contributed by atoms with Crippen LogP contribution in [0.5, 0.6) is 5.75 Å². The number of H-pyrrole nitrogens is 1. The highest BCUT2D eigenvalue weighted by molar-refractivity contribution is 5.93. The molecule has 3 atom stereocenters. The minimum atomic E-state index is -0.0391. The van der Waals surface area contributed by atoms with E-state index in [-0.39, 0.29) is 18.2 Å². The van der Waals surface area contributed by atoms with Crippen molar-refractivity contribution in [1.29, 1.82) is 0 Å². The molecule has 0 amide bonds. The van der Waals surface area contributed by atoms with Crippen LogP contribution < -0.4 is 9.64 Å². The average molecular weight is 397 g/mol. The van der Waals surface area contributed by atoms with E-state index in [9.17, 15) is 0 Å². The van der Waals surface area contributed by atoms with E-state index in [1.54, 1.807) is 13.4 Å². The van der Waals surface area contributed by atoms with Crippen molar-refractivity contribution in [2.24, 2.45) is 0 Å². The number of aromatic amines is 1. The fraction of sp³-hybridized carbons (Fsp3) is 0.476. The third kappa shape index (κ3) is 4.04. The van der Waals surface area contributed by atoms with Crippen LogP contribution in [0.2, 0.25) is 0 Å². The number of morpholine rings is 1. The van der Waals surface area contributed by atoms with Gasteiger partial charge in [0.15, 0.2) is 0 Å². The molecule has 1 fully saturated rings. The molecule has 3 heterocycles. The molecule has 1 aliphatic heterocycles. The summed E-state index contributed by atoms with van der Waals surface area (Å²) < 4.78 is 16.7. The topological polar surface area (TPSA) is 85.4 Å². The van der Waals surface area contributed by atoms with Gasteiger partial charge in [0.05, 0.1) is 43.1 Å². The second-order valence-corrected chi connectivity index (χ2v) is 7.57. The molecule has 1 aromatic carbocycles. The van der Waals surface area contributed by atoms with Gasteiger partial charge in [0.2, 0.25) is 0 Å². The molecule has 2 aromatic heterocycles. The van der Waals surface area contributed by atoms with Crippen LogP contribution in [0.3, 0.4) is 0 Å². The molecule has 29 heavy (non-hydrogen) atoms. The second-order valence-electron chi connectivity index (χ2n) is 7.57. The molecule has 0 unspecified atom stereocenters. The molecule has 4 rings (SSSR count). The summed E-state index contributed by atoms with van der Waals surface area (Å²) in [4.78, 5) is 11.3. The van der Waals surface area contributed by atoms with Gasteiger partial charge >= 0.3 is 0 Å². The van der Waals surface area contributed by atoms with Gasteiger partial charge in [0.25, 0.3) is 0 Å². The van der Waals surface area contributed by atoms with Crippen LogP contribution in [0.1, 0.15) is 20.8 Å². The molecular weight excluding hydrogens is 370 g/mol. The predicted octanol–water partition coefficient (Wildman–Crippen LogP) is 3.05. The van der Waals surface area contributed by atoms with Gasteiger partial charge in [0, 0.05) is 18.6 Å². The van der Waals surface area contributed by atoms with Gasteiger partial charge < -0.3 is 19.1 Å². The van der Waals surface area contributed by atoms with Crippen molar-refractivity contribution >= 4 is 16.7 Å². The van der Waals surface area contributed by atoms with Crippen LogP contribution in [-0.4, -0.2) is 65.3 Å². The Morgan fingerprint density at radius 3 is 2.76 bits per heavy atom. The summed E-state index contributed by atoms with van der Waals surface area (Å²) in [6, 6.07) is 8.38. The van der Waals surface area contributed by atoms with Crippen LogP contribution >= 0.6 is 0 Å². The van der Waals surface area contributed by atoms with E-state index in [0.717, 1.165) is 33.9 Å². The lowest BCUT2D eigenvalue weighted by molar-refractivity contribution is 0.0752. The Bertz CT molecular complexity index is 966. The van der Waals surface area contributed by atoms with Crippen LogP contribution in [0.4, 0.5) is 5.82 Å². The van der Waals surface area contributed by atoms with E-state index >= 15 is 0 Å². The molecule has 3 aromatic rings. The maximum Gasteiger partial charge on any atom is 0.133 e. The largest absolute Gasteiger partial charge is 0.488 e. The number of nitrogens with one attached hydrogen (secondary N) is 1. The van der Waals surface area contributed by atoms with Gasteiger partial charge in [-0.1, -0.05) is 0 Å². The van der Waals surface area contributed by atoms with Crippen molar-refractivity contribution in [3.8, 4) is 17.1 Å². The number of fused-ring (bicyclic) bond motifs is 1. The smallest absolute Gasteiger partial charge is 0.133 e. The van der Waals surface area contributed by atoms with Gasteiger partial charge in [-0.2, -0.15) is 5.10 Å². The van der Waals surface area contributed by atoms with E-state index in [2.05, 4.69) is 38.9 Å². The van der Waals surface area contributed by atoms with Crippen LogP contribution in [0.15, 0.2) is 30.6 Å². The predicted molar refractivity (Wildman–Crippen MR) is 111 cm³/mol. The lowest BCUT2D eigenvalue weighted by atomic mass is 10.1. The Kier molecular flexibility index (Phi) is 5.64. The molecule has 1 saturated heterocycles. The number of hydrogen-bond donors (Lipinski definition) is 1. The van der Waals surface area contributed by atoms with Gasteiger partial charge in [0.1, 0.15) is 29.7 Å². The first-order chi connectivity index (χ1) is 14.1. The van der Waals surface area contributed by atoms with Crippen molar-refractivity contribution in [3.05, 3.63) is 30.6 Å². The van der Waals surface area contributed by atoms with E-state index in [0.29, 0.717) is 19.8 Å². The first-order valence-corrected chi connectivity index (χ1v) is 9.89. The number of hydrogen-bond acceptors (Lipinski definition) is 7. The van der Waals surface area contributed by atoms with Crippen molar-refractivity contribution in [1.82, 2.24) is 20.2 Å². The zero-order chi connectivity index (χ0) is 20.4. The van der Waals surface area contributed by atoms with Gasteiger partial charge in [-0.05, 0) is 39.0 Å². The molecule has 1 aliphatic rings. The monoisotopic (exact) mass is 397 g/mol. The third-order valence-corrected chi connectivity index (χ3v) is 5.10. The third-order valence-electron chi connectivity index (χ3n) is 5.10. The fourth-order valence-electron chi connectivity index (χ4n) is 3.84. The van der Waals surface area contributed by atoms with Crippen LogP contribution in [0, 0.1) is 0 Å².